The van der Waals surface area contributed by atoms with Gasteiger partial charge in [-0.3, -0.25) is 0 Å². The van der Waals surface area contributed by atoms with Crippen LogP contribution in [0.25, 0.3) is 0 Å². The minimum Gasteiger partial charge on any atom is -0.305 e. The molecule has 0 atom stereocenters. The highest BCUT2D eigenvalue weighted by atomic mass is 14.9. The van der Waals surface area contributed by atoms with E-state index in [0.29, 0.717) is 5.56 Å². The maximum absolute atomic E-state index is 8.84. The number of hydrogen-bond acceptors (Lipinski definition) is 2. The third-order valence-electron chi connectivity index (χ3n) is 3.38. The monoisotopic (exact) mass is 268 g/mol. The van der Waals surface area contributed by atoms with Gasteiger partial charge in [-0.25, -0.2) is 0 Å². The van der Waals surface area contributed by atoms with E-state index in [4.69, 9.17) is 5.26 Å². The second kappa shape index (κ2) is 6.54. The molecule has 0 radical (unpaired) electrons. The second-order valence-corrected chi connectivity index (χ2v) is 6.14. The minimum absolute atomic E-state index is 0.0683. The smallest absolute Gasteiger partial charge is 0.0991 e. The van der Waals surface area contributed by atoms with E-state index in [2.05, 4.69) is 57.8 Å². The van der Waals surface area contributed by atoms with Crippen LogP contribution in [0.2, 0.25) is 0 Å². The summed E-state index contributed by atoms with van der Waals surface area (Å²) in [7, 11) is 0. The van der Waals surface area contributed by atoms with Crippen molar-refractivity contribution in [3.05, 3.63) is 60.2 Å². The molecular formula is C18H24N2. The predicted octanol–water partition coefficient (Wildman–Crippen LogP) is 3.95. The number of nitrogens with zero attached hydrogens (tertiary/aromatic N) is 1. The molecule has 2 nitrogen and oxygen atoms in total. The lowest BCUT2D eigenvalue weighted by atomic mass is 9.82. The molecule has 2 heteroatoms. The van der Waals surface area contributed by atoms with Gasteiger partial charge in [-0.05, 0) is 31.5 Å². The number of allylic oxidation sites excluding steroid dienone is 1. The molecule has 0 fully saturated rings. The molecule has 0 aromatic heterocycles. The molecule has 0 saturated heterocycles. The van der Waals surface area contributed by atoms with E-state index in [1.807, 2.05) is 30.3 Å². The van der Waals surface area contributed by atoms with Gasteiger partial charge in [-0.2, -0.15) is 5.26 Å². The highest BCUT2D eigenvalue weighted by Gasteiger charge is 2.19. The number of benzene rings is 1. The first kappa shape index (κ1) is 16.2. The molecule has 1 rings (SSSR count). The Morgan fingerprint density at radius 3 is 2.25 bits per heavy atom. The lowest BCUT2D eigenvalue weighted by Gasteiger charge is -2.26. The fraction of sp³-hybridized carbons (Fsp3) is 0.389. The third kappa shape index (κ3) is 4.68. The van der Waals surface area contributed by atoms with Crippen LogP contribution in [0.4, 0.5) is 0 Å². The molecule has 20 heavy (non-hydrogen) atoms. The molecule has 0 unspecified atom stereocenters. The summed E-state index contributed by atoms with van der Waals surface area (Å²) in [5.41, 5.74) is 1.76. The molecule has 0 bridgehead atoms. The average Bonchev–Trinajstić information content (AvgIpc) is 2.43. The summed E-state index contributed by atoms with van der Waals surface area (Å²) < 4.78 is 0. The summed E-state index contributed by atoms with van der Waals surface area (Å²) in [6.07, 6.45) is 6.26. The zero-order valence-electron chi connectivity index (χ0n) is 12.9. The molecule has 0 amide bonds. The summed E-state index contributed by atoms with van der Waals surface area (Å²) in [4.78, 5) is 0. The van der Waals surface area contributed by atoms with Crippen LogP contribution >= 0.6 is 0 Å². The summed E-state index contributed by atoms with van der Waals surface area (Å²) in [6.45, 7) is 13.1. The van der Waals surface area contributed by atoms with Gasteiger partial charge in [0.05, 0.1) is 11.6 Å². The second-order valence-electron chi connectivity index (χ2n) is 6.14. The van der Waals surface area contributed by atoms with Crippen molar-refractivity contribution < 1.29 is 0 Å². The van der Waals surface area contributed by atoms with Gasteiger partial charge in [0.1, 0.15) is 0 Å². The summed E-state index contributed by atoms with van der Waals surface area (Å²) in [6, 6.07) is 9.92. The number of nitrogens with one attached hydrogen (secondary N) is 1. The predicted molar refractivity (Wildman–Crippen MR) is 85.6 cm³/mol. The van der Waals surface area contributed by atoms with Gasteiger partial charge in [0.2, 0.25) is 0 Å². The Morgan fingerprint density at radius 1 is 1.15 bits per heavy atom. The van der Waals surface area contributed by atoms with Crippen molar-refractivity contribution in [2.45, 2.75) is 38.6 Å². The first-order valence-corrected chi connectivity index (χ1v) is 6.88. The SMILES string of the molecule is C=CCNC(C)(C)/C=C/C(C)(C)c1ccc(C#N)cc1. The van der Waals surface area contributed by atoms with Crippen LogP contribution in [0.3, 0.4) is 0 Å². The molecule has 0 aliphatic carbocycles. The quantitative estimate of drug-likeness (QED) is 0.793. The van der Waals surface area contributed by atoms with E-state index in [1.54, 1.807) is 0 Å². The van der Waals surface area contributed by atoms with Gasteiger partial charge in [0.25, 0.3) is 0 Å². The van der Waals surface area contributed by atoms with Crippen molar-refractivity contribution in [3.8, 4) is 6.07 Å². The van der Waals surface area contributed by atoms with E-state index >= 15 is 0 Å². The van der Waals surface area contributed by atoms with E-state index in [9.17, 15) is 0 Å². The number of nitriles is 1. The Morgan fingerprint density at radius 2 is 1.75 bits per heavy atom. The van der Waals surface area contributed by atoms with Gasteiger partial charge < -0.3 is 5.32 Å². The van der Waals surface area contributed by atoms with Crippen LogP contribution in [0, 0.1) is 11.3 Å². The van der Waals surface area contributed by atoms with E-state index in [1.165, 1.54) is 5.56 Å². The fourth-order valence-corrected chi connectivity index (χ4v) is 1.88. The Balaban J connectivity index is 2.87. The Labute approximate surface area is 122 Å². The summed E-state index contributed by atoms with van der Waals surface area (Å²) in [5.74, 6) is 0. The van der Waals surface area contributed by atoms with Crippen LogP contribution in [0.1, 0.15) is 38.8 Å². The molecule has 1 N–H and O–H groups in total. The number of rotatable bonds is 6. The zero-order valence-corrected chi connectivity index (χ0v) is 12.9. The molecule has 0 aliphatic rings. The molecule has 106 valence electrons. The molecule has 0 spiro atoms. The van der Waals surface area contributed by atoms with Gasteiger partial charge in [0.15, 0.2) is 0 Å². The lowest BCUT2D eigenvalue weighted by molar-refractivity contribution is 0.497. The zero-order chi connectivity index (χ0) is 15.2. The standard InChI is InChI=1S/C18H24N2/c1-6-13-20-18(4,5)12-11-17(2,3)16-9-7-15(14-19)8-10-16/h6-12,20H,1,13H2,2-5H3/b12-11+. The van der Waals surface area contributed by atoms with Crippen molar-refractivity contribution in [2.75, 3.05) is 6.54 Å². The topological polar surface area (TPSA) is 35.8 Å². The maximum Gasteiger partial charge on any atom is 0.0991 e. The molecular weight excluding hydrogens is 244 g/mol. The highest BCUT2D eigenvalue weighted by molar-refractivity contribution is 5.36. The normalized spacial score (nSPS) is 12.3. The van der Waals surface area contributed by atoms with Crippen LogP contribution in [0.5, 0.6) is 0 Å². The average molecular weight is 268 g/mol. The van der Waals surface area contributed by atoms with E-state index in [0.717, 1.165) is 6.54 Å². The molecule has 1 aromatic carbocycles. The largest absolute Gasteiger partial charge is 0.305 e. The van der Waals surface area contributed by atoms with E-state index in [-0.39, 0.29) is 11.0 Å². The van der Waals surface area contributed by atoms with Crippen LogP contribution in [-0.4, -0.2) is 12.1 Å². The van der Waals surface area contributed by atoms with Crippen molar-refractivity contribution in [3.63, 3.8) is 0 Å². The van der Waals surface area contributed by atoms with E-state index < -0.39 is 0 Å². The van der Waals surface area contributed by atoms with Crippen molar-refractivity contribution in [1.29, 1.82) is 5.26 Å². The van der Waals surface area contributed by atoms with Crippen LogP contribution in [0.15, 0.2) is 49.1 Å². The molecule has 1 aromatic rings. The fourth-order valence-electron chi connectivity index (χ4n) is 1.88. The van der Waals surface area contributed by atoms with Crippen LogP contribution < -0.4 is 5.32 Å². The molecule has 0 heterocycles. The highest BCUT2D eigenvalue weighted by Crippen LogP contribution is 2.26. The van der Waals surface area contributed by atoms with Gasteiger partial charge >= 0.3 is 0 Å². The Kier molecular flexibility index (Phi) is 5.30. The first-order chi connectivity index (χ1) is 9.30. The molecule has 0 saturated carbocycles. The van der Waals surface area contributed by atoms with Crippen molar-refractivity contribution >= 4 is 0 Å². The summed E-state index contributed by atoms with van der Waals surface area (Å²) >= 11 is 0. The first-order valence-electron chi connectivity index (χ1n) is 6.88. The Hall–Kier alpha value is -1.85. The minimum atomic E-state index is -0.0714. The Bertz CT molecular complexity index is 513. The third-order valence-corrected chi connectivity index (χ3v) is 3.38. The summed E-state index contributed by atoms with van der Waals surface area (Å²) in [5, 5.41) is 12.2. The van der Waals surface area contributed by atoms with Crippen molar-refractivity contribution in [1.82, 2.24) is 5.32 Å². The van der Waals surface area contributed by atoms with Crippen molar-refractivity contribution in [2.24, 2.45) is 0 Å². The van der Waals surface area contributed by atoms with Gasteiger partial charge in [-0.1, -0.05) is 44.2 Å². The maximum atomic E-state index is 8.84. The number of hydrogen-bond donors (Lipinski definition) is 1. The molecule has 0 aliphatic heterocycles. The van der Waals surface area contributed by atoms with Crippen LogP contribution in [-0.2, 0) is 5.41 Å². The lowest BCUT2D eigenvalue weighted by Crippen LogP contribution is -2.37. The van der Waals surface area contributed by atoms with Gasteiger partial charge in [-0.15, -0.1) is 6.58 Å². The van der Waals surface area contributed by atoms with Gasteiger partial charge in [0, 0.05) is 17.5 Å².